The fourth-order valence-electron chi connectivity index (χ4n) is 1.70. The minimum absolute atomic E-state index is 0.286. The van der Waals surface area contributed by atoms with Crippen molar-refractivity contribution in [1.29, 1.82) is 0 Å². The number of halogens is 2. The Labute approximate surface area is 127 Å². The van der Waals surface area contributed by atoms with Gasteiger partial charge in [-0.3, -0.25) is 0 Å². The Morgan fingerprint density at radius 1 is 1.06 bits per heavy atom. The van der Waals surface area contributed by atoms with E-state index in [0.29, 0.717) is 6.54 Å². The van der Waals surface area contributed by atoms with Gasteiger partial charge in [0.15, 0.2) is 0 Å². The molecule has 0 aromatic heterocycles. The van der Waals surface area contributed by atoms with E-state index in [0.717, 1.165) is 18.4 Å². The number of benzene rings is 1. The van der Waals surface area contributed by atoms with Crippen LogP contribution in [0.3, 0.4) is 0 Å². The molecule has 1 aliphatic carbocycles. The van der Waals surface area contributed by atoms with Crippen molar-refractivity contribution in [2.45, 2.75) is 44.7 Å². The molecule has 1 aromatic rings. The van der Waals surface area contributed by atoms with Crippen molar-refractivity contribution >= 4 is 18.8 Å². The maximum Gasteiger partial charge on any atom is -0.0534 e. The molecule has 0 saturated heterocycles. The molecule has 0 atom stereocenters. The van der Waals surface area contributed by atoms with Crippen molar-refractivity contribution < 1.29 is 16.5 Å². The fraction of sp³-hybridized carbons (Fsp3) is 0.538. The molecule has 1 aromatic carbocycles. The van der Waals surface area contributed by atoms with Crippen molar-refractivity contribution in [3.63, 3.8) is 0 Å². The van der Waals surface area contributed by atoms with Crippen LogP contribution >= 0.6 is 18.8 Å². The van der Waals surface area contributed by atoms with E-state index >= 15 is 0 Å². The summed E-state index contributed by atoms with van der Waals surface area (Å²) in [4.78, 5) is 0. The maximum atomic E-state index is 7.27. The molecule has 0 radical (unpaired) electrons. The van der Waals surface area contributed by atoms with Gasteiger partial charge in [0.1, 0.15) is 0 Å². The summed E-state index contributed by atoms with van der Waals surface area (Å²) in [6.45, 7) is 0.390. The van der Waals surface area contributed by atoms with Crippen LogP contribution in [0.2, 0.25) is 0 Å². The van der Waals surface area contributed by atoms with E-state index in [1.807, 2.05) is 30.3 Å². The molecule has 2 rings (SSSR count). The smallest absolute Gasteiger partial charge is 0.0534 e. The number of rotatable bonds is 1. The van der Waals surface area contributed by atoms with E-state index < -0.39 is 16.5 Å². The summed E-state index contributed by atoms with van der Waals surface area (Å²) in [6.07, 6.45) is 6.28. The molecule has 2 nitrogen and oxygen atoms in total. The molecule has 0 unspecified atom stereocenters. The van der Waals surface area contributed by atoms with Crippen LogP contribution in [-0.2, 0) is 23.0 Å². The van der Waals surface area contributed by atoms with E-state index in [4.69, 9.17) is 30.3 Å². The van der Waals surface area contributed by atoms with Crippen molar-refractivity contribution in [2.24, 2.45) is 0 Å². The van der Waals surface area contributed by atoms with Gasteiger partial charge in [0.25, 0.3) is 0 Å². The summed E-state index contributed by atoms with van der Waals surface area (Å²) in [7, 11) is 9.75. The topological polar surface area (TPSA) is 47.6 Å². The average molecular weight is 470 g/mol. The van der Waals surface area contributed by atoms with Crippen molar-refractivity contribution in [2.75, 3.05) is 0 Å². The number of nitrogens with one attached hydrogen (secondary N) is 2. The van der Waals surface area contributed by atoms with Crippen LogP contribution in [0, 0.1) is 0 Å². The average Bonchev–Trinajstić information content (AvgIpc) is 2.42. The molecule has 18 heavy (non-hydrogen) atoms. The molecular formula is C13H20Cl2N2Pt. The molecular weight excluding hydrogens is 450 g/mol. The third-order valence-corrected chi connectivity index (χ3v) is 2.65. The van der Waals surface area contributed by atoms with Crippen LogP contribution in [0.25, 0.3) is 11.5 Å². The minimum Gasteiger partial charge on any atom is -0.675 e. The molecule has 1 saturated carbocycles. The Balaban J connectivity index is 0.000000267. The molecule has 106 valence electrons. The first-order valence-electron chi connectivity index (χ1n) is 5.96. The largest absolute Gasteiger partial charge is 0.675 e. The van der Waals surface area contributed by atoms with Gasteiger partial charge >= 0.3 is 35.3 Å². The van der Waals surface area contributed by atoms with E-state index in [-0.39, 0.29) is 6.04 Å². The number of hydrogen-bond donors (Lipinski definition) is 0. The second kappa shape index (κ2) is 13.8. The zero-order chi connectivity index (χ0) is 13.6. The van der Waals surface area contributed by atoms with E-state index in [9.17, 15) is 0 Å². The summed E-state index contributed by atoms with van der Waals surface area (Å²) in [5.74, 6) is 0. The summed E-state index contributed by atoms with van der Waals surface area (Å²) >= 11 is -0.472. The van der Waals surface area contributed by atoms with Crippen LogP contribution in [0.1, 0.15) is 37.7 Å². The van der Waals surface area contributed by atoms with Crippen molar-refractivity contribution in [3.8, 4) is 0 Å². The Morgan fingerprint density at radius 3 is 1.83 bits per heavy atom. The SMILES string of the molecule is [Cl][Pt+2][Cl].[NH-]C1CCCCC1.[NH-]Cc1ccccc1. The second-order valence-electron chi connectivity index (χ2n) is 4.04. The van der Waals surface area contributed by atoms with Crippen LogP contribution < -0.4 is 0 Å². The molecule has 0 bridgehead atoms. The first-order chi connectivity index (χ1) is 8.74. The first kappa shape index (κ1) is 18.4. The fourth-order valence-corrected chi connectivity index (χ4v) is 1.70. The quantitative estimate of drug-likeness (QED) is 0.485. The van der Waals surface area contributed by atoms with Crippen LogP contribution in [0.15, 0.2) is 30.3 Å². The van der Waals surface area contributed by atoms with Crippen molar-refractivity contribution in [3.05, 3.63) is 47.4 Å². The van der Waals surface area contributed by atoms with Crippen LogP contribution in [-0.4, -0.2) is 6.04 Å². The minimum atomic E-state index is -0.472. The normalized spacial score (nSPS) is 15.1. The zero-order valence-electron chi connectivity index (χ0n) is 10.3. The van der Waals surface area contributed by atoms with Gasteiger partial charge in [-0.05, 0) is 0 Å². The predicted molar refractivity (Wildman–Crippen MR) is 77.4 cm³/mol. The van der Waals surface area contributed by atoms with Gasteiger partial charge in [0.2, 0.25) is 0 Å². The standard InChI is InChI=1S/C7H8N.C6H12N.2ClH.Pt/c8-6-7-4-2-1-3-5-7;7-6-4-2-1-3-5-6;;;/h1-5,8H,6H2;6-7H,1-5H2;2*1H;/q2*-1;;;+4/p-2. The van der Waals surface area contributed by atoms with Gasteiger partial charge in [-0.25, -0.2) is 0 Å². The summed E-state index contributed by atoms with van der Waals surface area (Å²) in [6, 6.07) is 10.0. The zero-order valence-corrected chi connectivity index (χ0v) is 14.1. The van der Waals surface area contributed by atoms with Gasteiger partial charge in [-0.2, -0.15) is 0 Å². The van der Waals surface area contributed by atoms with E-state index in [1.54, 1.807) is 0 Å². The van der Waals surface area contributed by atoms with Gasteiger partial charge in [-0.15, -0.1) is 12.6 Å². The van der Waals surface area contributed by atoms with Crippen LogP contribution in [0.5, 0.6) is 0 Å². The van der Waals surface area contributed by atoms with Crippen molar-refractivity contribution in [1.82, 2.24) is 0 Å². The molecule has 0 amide bonds. The molecule has 0 spiro atoms. The second-order valence-corrected chi connectivity index (χ2v) is 7.33. The molecule has 0 heterocycles. The Kier molecular flexibility index (Phi) is 14.1. The monoisotopic (exact) mass is 469 g/mol. The maximum absolute atomic E-state index is 7.27. The molecule has 1 aliphatic rings. The van der Waals surface area contributed by atoms with Gasteiger partial charge in [0, 0.05) is 0 Å². The van der Waals surface area contributed by atoms with E-state index in [2.05, 4.69) is 0 Å². The molecule has 2 N–H and O–H groups in total. The van der Waals surface area contributed by atoms with Gasteiger partial charge in [-0.1, -0.05) is 68.0 Å². The number of hydrogen-bond acceptors (Lipinski definition) is 0. The Bertz CT molecular complexity index is 267. The Hall–Kier alpha value is 0.408. The molecule has 0 aliphatic heterocycles. The van der Waals surface area contributed by atoms with Crippen LogP contribution in [0.4, 0.5) is 0 Å². The first-order valence-corrected chi connectivity index (χ1v) is 11.6. The third kappa shape index (κ3) is 11.5. The summed E-state index contributed by atoms with van der Waals surface area (Å²) < 4.78 is 0. The summed E-state index contributed by atoms with van der Waals surface area (Å²) in [5.41, 5.74) is 15.3. The Morgan fingerprint density at radius 2 is 1.56 bits per heavy atom. The van der Waals surface area contributed by atoms with E-state index in [1.165, 1.54) is 19.3 Å². The van der Waals surface area contributed by atoms with Gasteiger partial charge < -0.3 is 11.5 Å². The third-order valence-electron chi connectivity index (χ3n) is 2.65. The molecule has 1 fully saturated rings. The van der Waals surface area contributed by atoms with Gasteiger partial charge in [0.05, 0.1) is 0 Å². The molecule has 5 heteroatoms. The summed E-state index contributed by atoms with van der Waals surface area (Å²) in [5, 5.41) is 0. The predicted octanol–water partition coefficient (Wildman–Crippen LogP) is 5.99.